The molecule has 0 aliphatic rings. The molecule has 0 saturated carbocycles. The minimum Gasteiger partial charge on any atom is -0.407 e. The van der Waals surface area contributed by atoms with Gasteiger partial charge in [-0.25, -0.2) is 0 Å². The highest BCUT2D eigenvalue weighted by Gasteiger charge is 2.12. The number of thioether (sulfide) groups is 1. The Bertz CT molecular complexity index is 1140. The van der Waals surface area contributed by atoms with Gasteiger partial charge in [0.25, 0.3) is 5.91 Å². The molecular weight excluding hydrogens is 406 g/mol. The Labute approximate surface area is 185 Å². The molecule has 0 unspecified atom stereocenters. The summed E-state index contributed by atoms with van der Waals surface area (Å²) in [5, 5.41) is 11.2. The van der Waals surface area contributed by atoms with E-state index in [1.807, 2.05) is 54.2 Å². The average molecular weight is 430 g/mol. The number of carbonyl (C=O) groups excluding carboxylic acids is 1. The largest absolute Gasteiger partial charge is 0.407 e. The van der Waals surface area contributed by atoms with Gasteiger partial charge >= 0.3 is 6.01 Å². The van der Waals surface area contributed by atoms with E-state index in [9.17, 15) is 4.79 Å². The number of aromatic nitrogens is 2. The normalized spacial score (nSPS) is 10.9. The highest BCUT2D eigenvalue weighted by molar-refractivity contribution is 7.99. The lowest BCUT2D eigenvalue weighted by Gasteiger charge is -2.05. The zero-order chi connectivity index (χ0) is 21.6. The van der Waals surface area contributed by atoms with Crippen molar-refractivity contribution in [3.63, 3.8) is 0 Å². The Balaban J connectivity index is 1.36. The molecule has 4 aromatic rings. The Hall–Kier alpha value is -3.38. The zero-order valence-corrected chi connectivity index (χ0v) is 18.2. The number of anilines is 1. The van der Waals surface area contributed by atoms with Crippen LogP contribution in [0.3, 0.4) is 0 Å². The van der Waals surface area contributed by atoms with Crippen LogP contribution < -0.4 is 5.32 Å². The number of benzene rings is 3. The summed E-state index contributed by atoms with van der Waals surface area (Å²) in [6.07, 6.45) is 0.515. The molecular formula is C25H23N3O2S. The van der Waals surface area contributed by atoms with Crippen molar-refractivity contribution in [3.05, 3.63) is 95.9 Å². The van der Waals surface area contributed by atoms with Crippen LogP contribution in [0.5, 0.6) is 0 Å². The molecule has 5 nitrogen and oxygen atoms in total. The van der Waals surface area contributed by atoms with E-state index >= 15 is 0 Å². The Morgan fingerprint density at radius 3 is 2.26 bits per heavy atom. The fraction of sp³-hybridized carbons (Fsp3) is 0.160. The van der Waals surface area contributed by atoms with Gasteiger partial charge in [-0.05, 0) is 41.0 Å². The number of rotatable bonds is 7. The van der Waals surface area contributed by atoms with Gasteiger partial charge in [-0.3, -0.25) is 10.1 Å². The number of carbonyl (C=O) groups is 1. The number of amides is 1. The average Bonchev–Trinajstić information content (AvgIpc) is 3.22. The van der Waals surface area contributed by atoms with E-state index in [4.69, 9.17) is 4.42 Å². The van der Waals surface area contributed by atoms with Crippen molar-refractivity contribution in [2.45, 2.75) is 30.4 Å². The lowest BCUT2D eigenvalue weighted by Crippen LogP contribution is -2.11. The van der Waals surface area contributed by atoms with Gasteiger partial charge in [0.1, 0.15) is 0 Å². The third-order valence-electron chi connectivity index (χ3n) is 4.59. The topological polar surface area (TPSA) is 68.0 Å². The summed E-state index contributed by atoms with van der Waals surface area (Å²) in [6, 6.07) is 25.8. The molecule has 0 aliphatic heterocycles. The maximum absolute atomic E-state index is 12.5. The van der Waals surface area contributed by atoms with Crippen LogP contribution in [0, 0.1) is 0 Å². The number of hydrogen-bond acceptors (Lipinski definition) is 5. The molecule has 3 aromatic carbocycles. The fourth-order valence-corrected chi connectivity index (χ4v) is 3.96. The standard InChI is InChI=1S/C25H23N3O2S/c1-17(2)31-22-14-8-18(9-15-22)16-23-27-28-25(30-23)26-24(29)21-12-10-20(11-13-21)19-6-4-3-5-7-19/h3-15,17H,16H2,1-2H3,(H,26,28,29). The molecule has 4 rings (SSSR count). The van der Waals surface area contributed by atoms with Gasteiger partial charge in [-0.2, -0.15) is 0 Å². The predicted octanol–water partition coefficient (Wildman–Crippen LogP) is 6.08. The summed E-state index contributed by atoms with van der Waals surface area (Å²) >= 11 is 1.82. The molecule has 1 amide bonds. The van der Waals surface area contributed by atoms with Crippen molar-refractivity contribution >= 4 is 23.7 Å². The molecule has 1 aromatic heterocycles. The first kappa shape index (κ1) is 20.9. The van der Waals surface area contributed by atoms with Crippen LogP contribution in [-0.4, -0.2) is 21.4 Å². The number of nitrogens with one attached hydrogen (secondary N) is 1. The molecule has 1 N–H and O–H groups in total. The van der Waals surface area contributed by atoms with Crippen LogP contribution in [0.4, 0.5) is 6.01 Å². The Morgan fingerprint density at radius 2 is 1.58 bits per heavy atom. The first-order valence-electron chi connectivity index (χ1n) is 10.1. The van der Waals surface area contributed by atoms with Crippen LogP contribution in [-0.2, 0) is 6.42 Å². The number of hydrogen-bond donors (Lipinski definition) is 1. The monoisotopic (exact) mass is 429 g/mol. The maximum atomic E-state index is 12.5. The van der Waals surface area contributed by atoms with Crippen molar-refractivity contribution in [2.24, 2.45) is 0 Å². The van der Waals surface area contributed by atoms with E-state index in [1.54, 1.807) is 12.1 Å². The minimum atomic E-state index is -0.287. The van der Waals surface area contributed by atoms with E-state index in [1.165, 1.54) is 4.90 Å². The first-order chi connectivity index (χ1) is 15.1. The quantitative estimate of drug-likeness (QED) is 0.361. The molecule has 0 fully saturated rings. The second kappa shape index (κ2) is 9.62. The number of nitrogens with zero attached hydrogens (tertiary/aromatic N) is 2. The van der Waals surface area contributed by atoms with Crippen molar-refractivity contribution in [3.8, 4) is 11.1 Å². The second-order valence-electron chi connectivity index (χ2n) is 7.39. The molecule has 1 heterocycles. The first-order valence-corrected chi connectivity index (χ1v) is 11.0. The van der Waals surface area contributed by atoms with Crippen LogP contribution >= 0.6 is 11.8 Å². The molecule has 0 bridgehead atoms. The predicted molar refractivity (Wildman–Crippen MR) is 124 cm³/mol. The summed E-state index contributed by atoms with van der Waals surface area (Å²) in [5.74, 6) is 0.170. The summed E-state index contributed by atoms with van der Waals surface area (Å²) in [6.45, 7) is 4.34. The smallest absolute Gasteiger partial charge is 0.322 e. The van der Waals surface area contributed by atoms with Gasteiger partial charge < -0.3 is 4.42 Å². The van der Waals surface area contributed by atoms with Gasteiger partial charge in [0.15, 0.2) is 0 Å². The lowest BCUT2D eigenvalue weighted by atomic mass is 10.0. The molecule has 0 aliphatic carbocycles. The third kappa shape index (κ3) is 5.61. The highest BCUT2D eigenvalue weighted by Crippen LogP contribution is 2.24. The van der Waals surface area contributed by atoms with Crippen LogP contribution in [0.15, 0.2) is 88.2 Å². The molecule has 156 valence electrons. The highest BCUT2D eigenvalue weighted by atomic mass is 32.2. The molecule has 0 atom stereocenters. The van der Waals surface area contributed by atoms with E-state index in [-0.39, 0.29) is 11.9 Å². The maximum Gasteiger partial charge on any atom is 0.322 e. The van der Waals surface area contributed by atoms with Gasteiger partial charge in [-0.1, -0.05) is 73.5 Å². The Kier molecular flexibility index (Phi) is 6.48. The van der Waals surface area contributed by atoms with Gasteiger partial charge in [-0.15, -0.1) is 16.9 Å². The lowest BCUT2D eigenvalue weighted by molar-refractivity contribution is 0.102. The molecule has 0 radical (unpaired) electrons. The van der Waals surface area contributed by atoms with Gasteiger partial charge in [0, 0.05) is 15.7 Å². The minimum absolute atomic E-state index is 0.0964. The molecule has 0 saturated heterocycles. The van der Waals surface area contributed by atoms with E-state index in [2.05, 4.69) is 53.6 Å². The summed E-state index contributed by atoms with van der Waals surface area (Å²) in [5.41, 5.74) is 3.76. The Morgan fingerprint density at radius 1 is 0.903 bits per heavy atom. The molecule has 6 heteroatoms. The fourth-order valence-electron chi connectivity index (χ4n) is 3.12. The van der Waals surface area contributed by atoms with Crippen LogP contribution in [0.1, 0.15) is 35.7 Å². The van der Waals surface area contributed by atoms with Gasteiger partial charge in [0.05, 0.1) is 6.42 Å². The molecule has 0 spiro atoms. The van der Waals surface area contributed by atoms with Crippen molar-refractivity contribution in [1.29, 1.82) is 0 Å². The SMILES string of the molecule is CC(C)Sc1ccc(Cc2nnc(NC(=O)c3ccc(-c4ccccc4)cc3)o2)cc1. The summed E-state index contributed by atoms with van der Waals surface area (Å²) in [7, 11) is 0. The zero-order valence-electron chi connectivity index (χ0n) is 17.4. The van der Waals surface area contributed by atoms with E-state index < -0.39 is 0 Å². The summed E-state index contributed by atoms with van der Waals surface area (Å²) < 4.78 is 5.61. The van der Waals surface area contributed by atoms with Crippen molar-refractivity contribution in [1.82, 2.24) is 10.2 Å². The molecule has 31 heavy (non-hydrogen) atoms. The van der Waals surface area contributed by atoms with Crippen LogP contribution in [0.25, 0.3) is 11.1 Å². The van der Waals surface area contributed by atoms with Gasteiger partial charge in [0.2, 0.25) is 5.89 Å². The van der Waals surface area contributed by atoms with E-state index in [0.29, 0.717) is 23.1 Å². The summed E-state index contributed by atoms with van der Waals surface area (Å²) in [4.78, 5) is 13.7. The van der Waals surface area contributed by atoms with Crippen molar-refractivity contribution < 1.29 is 9.21 Å². The van der Waals surface area contributed by atoms with E-state index in [0.717, 1.165) is 16.7 Å². The van der Waals surface area contributed by atoms with Crippen molar-refractivity contribution in [2.75, 3.05) is 5.32 Å². The van der Waals surface area contributed by atoms with Crippen LogP contribution in [0.2, 0.25) is 0 Å². The second-order valence-corrected chi connectivity index (χ2v) is 9.04. The third-order valence-corrected chi connectivity index (χ3v) is 5.61.